The van der Waals surface area contributed by atoms with Crippen molar-refractivity contribution >= 4 is 17.8 Å². The lowest BCUT2D eigenvalue weighted by atomic mass is 10.2. The van der Waals surface area contributed by atoms with Crippen LogP contribution in [0.3, 0.4) is 0 Å². The minimum Gasteiger partial charge on any atom is -0.479 e. The van der Waals surface area contributed by atoms with Crippen LogP contribution in [0, 0.1) is 0 Å². The van der Waals surface area contributed by atoms with Crippen molar-refractivity contribution < 1.29 is 19.4 Å². The van der Waals surface area contributed by atoms with Crippen molar-refractivity contribution in [1.82, 2.24) is 20.5 Å². The van der Waals surface area contributed by atoms with E-state index in [9.17, 15) is 9.59 Å². The topological polar surface area (TPSA) is 143 Å². The van der Waals surface area contributed by atoms with E-state index in [1.165, 1.54) is 0 Å². The zero-order chi connectivity index (χ0) is 13.1. The van der Waals surface area contributed by atoms with Gasteiger partial charge in [-0.15, -0.1) is 5.10 Å². The van der Waals surface area contributed by atoms with Crippen LogP contribution in [0.4, 0.5) is 5.95 Å². The van der Waals surface area contributed by atoms with Gasteiger partial charge in [0, 0.05) is 6.54 Å². The third-order valence-electron chi connectivity index (χ3n) is 2.59. The van der Waals surface area contributed by atoms with Gasteiger partial charge < -0.3 is 20.9 Å². The van der Waals surface area contributed by atoms with E-state index in [1.807, 2.05) is 0 Å². The van der Waals surface area contributed by atoms with Gasteiger partial charge in [0.05, 0.1) is 6.10 Å². The van der Waals surface area contributed by atoms with Gasteiger partial charge in [0.1, 0.15) is 0 Å². The second-order valence-electron chi connectivity index (χ2n) is 3.91. The first-order valence-corrected chi connectivity index (χ1v) is 5.40. The fourth-order valence-electron chi connectivity index (χ4n) is 1.70. The van der Waals surface area contributed by atoms with E-state index in [-0.39, 0.29) is 24.4 Å². The van der Waals surface area contributed by atoms with E-state index in [1.54, 1.807) is 0 Å². The Balaban J connectivity index is 1.79. The highest BCUT2D eigenvalue weighted by Gasteiger charge is 2.30. The molecule has 1 aliphatic heterocycles. The molecule has 1 aromatic rings. The van der Waals surface area contributed by atoms with Crippen LogP contribution in [0.25, 0.3) is 0 Å². The molecule has 2 rings (SSSR count). The fraction of sp³-hybridized carbons (Fsp3) is 0.556. The number of nitrogens with zero attached hydrogens (tertiary/aromatic N) is 2. The average molecular weight is 255 g/mol. The lowest BCUT2D eigenvalue weighted by Gasteiger charge is -2.11. The van der Waals surface area contributed by atoms with E-state index >= 15 is 0 Å². The summed E-state index contributed by atoms with van der Waals surface area (Å²) in [6, 6.07) is 0. The molecule has 1 aliphatic rings. The molecular formula is C9H13N5O4. The van der Waals surface area contributed by atoms with Gasteiger partial charge in [0.2, 0.25) is 11.8 Å². The van der Waals surface area contributed by atoms with E-state index < -0.39 is 18.0 Å². The molecular weight excluding hydrogens is 242 g/mol. The molecule has 0 aliphatic carbocycles. The van der Waals surface area contributed by atoms with Crippen LogP contribution in [0.15, 0.2) is 0 Å². The van der Waals surface area contributed by atoms with E-state index in [2.05, 4.69) is 20.5 Å². The number of carboxylic acids is 1. The number of amides is 1. The van der Waals surface area contributed by atoms with Crippen LogP contribution < -0.4 is 11.1 Å². The van der Waals surface area contributed by atoms with Crippen LogP contribution in [-0.2, 0) is 9.53 Å². The molecule has 0 spiro atoms. The molecule has 5 N–H and O–H groups in total. The quantitative estimate of drug-likeness (QED) is 0.526. The van der Waals surface area contributed by atoms with E-state index in [0.717, 1.165) is 0 Å². The third-order valence-corrected chi connectivity index (χ3v) is 2.59. The summed E-state index contributed by atoms with van der Waals surface area (Å²) in [6.45, 7) is 0.225. The number of aliphatic carboxylic acids is 1. The second-order valence-corrected chi connectivity index (χ2v) is 3.91. The van der Waals surface area contributed by atoms with Crippen LogP contribution in [0.1, 0.15) is 23.5 Å². The normalized spacial score (nSPS) is 22.9. The predicted molar refractivity (Wildman–Crippen MR) is 58.7 cm³/mol. The van der Waals surface area contributed by atoms with Crippen LogP contribution in [-0.4, -0.2) is 50.9 Å². The molecule has 1 saturated heterocycles. The Kier molecular flexibility index (Phi) is 3.42. The van der Waals surface area contributed by atoms with Gasteiger partial charge >= 0.3 is 5.97 Å². The molecule has 2 heterocycles. The van der Waals surface area contributed by atoms with Gasteiger partial charge in [-0.2, -0.15) is 4.98 Å². The number of nitrogen functional groups attached to an aromatic ring is 1. The van der Waals surface area contributed by atoms with Gasteiger partial charge in [0.15, 0.2) is 6.10 Å². The summed E-state index contributed by atoms with van der Waals surface area (Å²) in [7, 11) is 0. The molecule has 0 radical (unpaired) electrons. The van der Waals surface area contributed by atoms with Crippen molar-refractivity contribution in [3.05, 3.63) is 5.82 Å². The molecule has 0 saturated carbocycles. The fourth-order valence-corrected chi connectivity index (χ4v) is 1.70. The highest BCUT2D eigenvalue weighted by atomic mass is 16.5. The van der Waals surface area contributed by atoms with E-state index in [0.29, 0.717) is 12.8 Å². The Morgan fingerprint density at radius 1 is 1.56 bits per heavy atom. The lowest BCUT2D eigenvalue weighted by molar-refractivity contribution is -0.149. The highest BCUT2D eigenvalue weighted by Crippen LogP contribution is 2.19. The standard InChI is InChI=1S/C9H13N5O4/c10-9-12-6(13-14-9)7(15)11-3-4-1-2-5(18-4)8(16)17/h4-5H,1-3H2,(H,11,15)(H,16,17)(H3,10,12,13,14). The summed E-state index contributed by atoms with van der Waals surface area (Å²) < 4.78 is 5.23. The number of anilines is 1. The number of carbonyl (C=O) groups is 2. The number of carbonyl (C=O) groups excluding carboxylic acids is 1. The van der Waals surface area contributed by atoms with Crippen molar-refractivity contribution in [2.24, 2.45) is 0 Å². The number of aromatic nitrogens is 3. The Morgan fingerprint density at radius 3 is 2.89 bits per heavy atom. The van der Waals surface area contributed by atoms with Crippen molar-refractivity contribution in [3.63, 3.8) is 0 Å². The number of rotatable bonds is 4. The number of H-pyrrole nitrogens is 1. The number of nitrogens with one attached hydrogen (secondary N) is 2. The minimum atomic E-state index is -0.980. The van der Waals surface area contributed by atoms with Crippen LogP contribution in [0.2, 0.25) is 0 Å². The summed E-state index contributed by atoms with van der Waals surface area (Å²) in [5, 5.41) is 17.2. The molecule has 1 fully saturated rings. The molecule has 1 aromatic heterocycles. The monoisotopic (exact) mass is 255 g/mol. The molecule has 98 valence electrons. The first-order valence-electron chi connectivity index (χ1n) is 5.40. The Morgan fingerprint density at radius 2 is 2.33 bits per heavy atom. The first-order chi connectivity index (χ1) is 8.56. The smallest absolute Gasteiger partial charge is 0.332 e. The maximum absolute atomic E-state index is 11.6. The number of carboxylic acid groups (broad SMARTS) is 1. The Bertz CT molecular complexity index is 460. The van der Waals surface area contributed by atoms with Crippen LogP contribution in [0.5, 0.6) is 0 Å². The minimum absolute atomic E-state index is 0.0109. The number of nitrogens with two attached hydrogens (primary N) is 1. The molecule has 1 amide bonds. The number of ether oxygens (including phenoxy) is 1. The van der Waals surface area contributed by atoms with Gasteiger partial charge in [-0.25, -0.2) is 4.79 Å². The lowest BCUT2D eigenvalue weighted by Crippen LogP contribution is -2.33. The molecule has 2 unspecified atom stereocenters. The molecule has 18 heavy (non-hydrogen) atoms. The van der Waals surface area contributed by atoms with Crippen molar-refractivity contribution in [1.29, 1.82) is 0 Å². The molecule has 9 nitrogen and oxygen atoms in total. The molecule has 0 bridgehead atoms. The number of aromatic amines is 1. The molecule has 2 atom stereocenters. The maximum Gasteiger partial charge on any atom is 0.332 e. The summed E-state index contributed by atoms with van der Waals surface area (Å²) in [5.41, 5.74) is 5.26. The molecule has 0 aromatic carbocycles. The van der Waals surface area contributed by atoms with Gasteiger partial charge in [0.25, 0.3) is 5.91 Å². The average Bonchev–Trinajstić information content (AvgIpc) is 2.94. The SMILES string of the molecule is Nc1n[nH]c(C(=O)NCC2CCC(C(=O)O)O2)n1. The first kappa shape index (κ1) is 12.3. The number of hydrogen-bond acceptors (Lipinski definition) is 6. The molecule has 9 heteroatoms. The van der Waals surface area contributed by atoms with Gasteiger partial charge in [-0.1, -0.05) is 0 Å². The zero-order valence-electron chi connectivity index (χ0n) is 9.42. The Labute approximate surface area is 102 Å². The third kappa shape index (κ3) is 2.74. The van der Waals surface area contributed by atoms with Crippen molar-refractivity contribution in [2.45, 2.75) is 25.0 Å². The summed E-state index contributed by atoms with van der Waals surface area (Å²) in [4.78, 5) is 25.9. The highest BCUT2D eigenvalue weighted by molar-refractivity contribution is 5.90. The van der Waals surface area contributed by atoms with E-state index in [4.69, 9.17) is 15.6 Å². The largest absolute Gasteiger partial charge is 0.479 e. The van der Waals surface area contributed by atoms with Crippen molar-refractivity contribution in [3.8, 4) is 0 Å². The van der Waals surface area contributed by atoms with Gasteiger partial charge in [-0.3, -0.25) is 9.89 Å². The van der Waals surface area contributed by atoms with Crippen LogP contribution >= 0.6 is 0 Å². The second kappa shape index (κ2) is 5.00. The predicted octanol–water partition coefficient (Wildman–Crippen LogP) is -1.25. The zero-order valence-corrected chi connectivity index (χ0v) is 9.42. The Hall–Kier alpha value is -2.16. The maximum atomic E-state index is 11.6. The summed E-state index contributed by atoms with van der Waals surface area (Å²) in [6.07, 6.45) is -0.0378. The number of hydrogen-bond donors (Lipinski definition) is 4. The summed E-state index contributed by atoms with van der Waals surface area (Å²) >= 11 is 0. The van der Waals surface area contributed by atoms with Crippen molar-refractivity contribution in [2.75, 3.05) is 12.3 Å². The summed E-state index contributed by atoms with van der Waals surface area (Å²) in [5.74, 6) is -1.43. The van der Waals surface area contributed by atoms with Gasteiger partial charge in [-0.05, 0) is 12.8 Å².